The molecule has 112 valence electrons. The van der Waals surface area contributed by atoms with Gasteiger partial charge in [0.1, 0.15) is 6.61 Å². The number of rotatable bonds is 6. The van der Waals surface area contributed by atoms with Gasteiger partial charge in [0.05, 0.1) is 23.9 Å². The van der Waals surface area contributed by atoms with Gasteiger partial charge in [0, 0.05) is 6.42 Å². The van der Waals surface area contributed by atoms with Gasteiger partial charge in [0.2, 0.25) is 0 Å². The maximum absolute atomic E-state index is 12.0. The number of carbonyl (C=O) groups excluding carboxylic acids is 3. The number of nitrogens with one attached hydrogen (secondary N) is 2. The van der Waals surface area contributed by atoms with E-state index in [1.807, 2.05) is 6.92 Å². The van der Waals surface area contributed by atoms with E-state index in [2.05, 4.69) is 10.6 Å². The molecular weight excluding hydrogens is 264 g/mol. The lowest BCUT2D eigenvalue weighted by atomic mass is 10.0. The second kappa shape index (κ2) is 7.52. The lowest BCUT2D eigenvalue weighted by molar-refractivity contribution is -0.143. The Balaban J connectivity index is 3.00. The number of hydrogen-bond donors (Lipinski definition) is 2. The van der Waals surface area contributed by atoms with Crippen LogP contribution in [0.1, 0.15) is 33.6 Å². The number of carbonyl (C=O) groups is 3. The Kier molecular flexibility index (Phi) is 6.02. The second-order valence-corrected chi connectivity index (χ2v) is 4.19. The Bertz CT molecular complexity index is 430. The molecule has 1 aliphatic heterocycles. The summed E-state index contributed by atoms with van der Waals surface area (Å²) in [6.07, 6.45) is 0.762. The van der Waals surface area contributed by atoms with Gasteiger partial charge in [0.15, 0.2) is 0 Å². The second-order valence-electron chi connectivity index (χ2n) is 4.19. The number of urea groups is 1. The van der Waals surface area contributed by atoms with Gasteiger partial charge in [-0.2, -0.15) is 0 Å². The Morgan fingerprint density at radius 3 is 2.45 bits per heavy atom. The first-order chi connectivity index (χ1) is 9.53. The van der Waals surface area contributed by atoms with Crippen molar-refractivity contribution < 1.29 is 23.9 Å². The van der Waals surface area contributed by atoms with Crippen molar-refractivity contribution in [3.8, 4) is 0 Å². The van der Waals surface area contributed by atoms with Crippen LogP contribution in [0.25, 0.3) is 0 Å². The van der Waals surface area contributed by atoms with Crippen molar-refractivity contribution in [1.82, 2.24) is 10.6 Å². The van der Waals surface area contributed by atoms with Crippen LogP contribution in [-0.4, -0.2) is 37.2 Å². The molecule has 0 aromatic heterocycles. The van der Waals surface area contributed by atoms with Crippen LogP contribution in [0.3, 0.4) is 0 Å². The van der Waals surface area contributed by atoms with Gasteiger partial charge in [0.25, 0.3) is 0 Å². The predicted octanol–water partition coefficient (Wildman–Crippen LogP) is 0.848. The standard InChI is InChI=1S/C13H20N2O5/c1-4-8-11(12(17)19-6-3)9(15-13(18)14-8)7-20-10(16)5-2/h8H,4-7H2,1-3H3,(H2,14,15,18)/t8-/m1/s1. The Morgan fingerprint density at radius 1 is 1.20 bits per heavy atom. The highest BCUT2D eigenvalue weighted by atomic mass is 16.5. The average Bonchev–Trinajstić information content (AvgIpc) is 2.43. The third-order valence-electron chi connectivity index (χ3n) is 2.81. The molecule has 0 bridgehead atoms. The largest absolute Gasteiger partial charge is 0.463 e. The van der Waals surface area contributed by atoms with E-state index in [4.69, 9.17) is 9.47 Å². The lowest BCUT2D eigenvalue weighted by Crippen LogP contribution is -2.51. The molecule has 0 fully saturated rings. The van der Waals surface area contributed by atoms with E-state index < -0.39 is 24.0 Å². The number of ether oxygens (including phenoxy) is 2. The fourth-order valence-corrected chi connectivity index (χ4v) is 1.83. The Morgan fingerprint density at radius 2 is 1.90 bits per heavy atom. The summed E-state index contributed by atoms with van der Waals surface area (Å²) in [5.74, 6) is -0.920. The van der Waals surface area contributed by atoms with E-state index >= 15 is 0 Å². The van der Waals surface area contributed by atoms with Gasteiger partial charge in [-0.15, -0.1) is 0 Å². The van der Waals surface area contributed by atoms with Crippen molar-refractivity contribution in [2.75, 3.05) is 13.2 Å². The highest BCUT2D eigenvalue weighted by Gasteiger charge is 2.31. The summed E-state index contributed by atoms with van der Waals surface area (Å²) >= 11 is 0. The maximum atomic E-state index is 12.0. The van der Waals surface area contributed by atoms with Crippen molar-refractivity contribution >= 4 is 18.0 Å². The molecule has 0 saturated carbocycles. The molecule has 0 radical (unpaired) electrons. The zero-order valence-corrected chi connectivity index (χ0v) is 11.9. The van der Waals surface area contributed by atoms with Crippen LogP contribution in [0, 0.1) is 0 Å². The van der Waals surface area contributed by atoms with E-state index in [1.165, 1.54) is 0 Å². The molecule has 2 N–H and O–H groups in total. The van der Waals surface area contributed by atoms with E-state index in [0.717, 1.165) is 0 Å². The average molecular weight is 284 g/mol. The SMILES string of the molecule is CCOC(=O)C1=C(COC(=O)CC)NC(=O)N[C@@H]1CC. The molecule has 1 aliphatic rings. The molecule has 1 atom stereocenters. The van der Waals surface area contributed by atoms with Crippen molar-refractivity contribution in [3.63, 3.8) is 0 Å². The summed E-state index contributed by atoms with van der Waals surface area (Å²) < 4.78 is 9.97. The summed E-state index contributed by atoms with van der Waals surface area (Å²) in [5.41, 5.74) is 0.582. The van der Waals surface area contributed by atoms with Crippen molar-refractivity contribution in [1.29, 1.82) is 0 Å². The third-order valence-corrected chi connectivity index (χ3v) is 2.81. The number of amides is 2. The summed E-state index contributed by atoms with van der Waals surface area (Å²) in [5, 5.41) is 5.14. The highest BCUT2D eigenvalue weighted by molar-refractivity contribution is 5.94. The summed E-state index contributed by atoms with van der Waals surface area (Å²) in [6, 6.07) is -0.870. The Labute approximate surface area is 117 Å². The molecule has 1 heterocycles. The molecule has 0 aliphatic carbocycles. The topological polar surface area (TPSA) is 93.7 Å². The van der Waals surface area contributed by atoms with Gasteiger partial charge in [-0.1, -0.05) is 13.8 Å². The molecule has 0 unspecified atom stereocenters. The highest BCUT2D eigenvalue weighted by Crippen LogP contribution is 2.17. The fourth-order valence-electron chi connectivity index (χ4n) is 1.83. The van der Waals surface area contributed by atoms with Crippen LogP contribution in [0.5, 0.6) is 0 Å². The predicted molar refractivity (Wildman–Crippen MR) is 70.7 cm³/mol. The molecule has 7 nitrogen and oxygen atoms in total. The van der Waals surface area contributed by atoms with Crippen LogP contribution in [-0.2, 0) is 19.1 Å². The molecule has 0 aromatic rings. The van der Waals surface area contributed by atoms with Crippen LogP contribution in [0.4, 0.5) is 4.79 Å². The van der Waals surface area contributed by atoms with Crippen molar-refractivity contribution in [2.45, 2.75) is 39.7 Å². The molecular formula is C13H20N2O5. The first-order valence-corrected chi connectivity index (χ1v) is 6.66. The smallest absolute Gasteiger partial charge is 0.338 e. The molecule has 2 amide bonds. The quantitative estimate of drug-likeness (QED) is 0.705. The summed E-state index contributed by atoms with van der Waals surface area (Å²) in [4.78, 5) is 34.7. The van der Waals surface area contributed by atoms with E-state index in [9.17, 15) is 14.4 Å². The summed E-state index contributed by atoms with van der Waals surface area (Å²) in [7, 11) is 0. The lowest BCUT2D eigenvalue weighted by Gasteiger charge is -2.28. The number of hydrogen-bond acceptors (Lipinski definition) is 5. The molecule has 7 heteroatoms. The normalized spacial score (nSPS) is 18.1. The molecule has 0 aromatic carbocycles. The van der Waals surface area contributed by atoms with Gasteiger partial charge >= 0.3 is 18.0 Å². The van der Waals surface area contributed by atoms with Crippen molar-refractivity contribution in [2.24, 2.45) is 0 Å². The van der Waals surface area contributed by atoms with E-state index in [1.54, 1.807) is 13.8 Å². The van der Waals surface area contributed by atoms with E-state index in [-0.39, 0.29) is 25.3 Å². The van der Waals surface area contributed by atoms with Gasteiger partial charge in [-0.25, -0.2) is 9.59 Å². The maximum Gasteiger partial charge on any atom is 0.338 e. The van der Waals surface area contributed by atoms with E-state index in [0.29, 0.717) is 12.0 Å². The minimum absolute atomic E-state index is 0.148. The molecule has 0 spiro atoms. The van der Waals surface area contributed by atoms with Crippen LogP contribution in [0.15, 0.2) is 11.3 Å². The van der Waals surface area contributed by atoms with Gasteiger partial charge in [-0.05, 0) is 13.3 Å². The third kappa shape index (κ3) is 3.97. The first-order valence-electron chi connectivity index (χ1n) is 6.66. The van der Waals surface area contributed by atoms with Crippen LogP contribution < -0.4 is 10.6 Å². The number of esters is 2. The van der Waals surface area contributed by atoms with Crippen molar-refractivity contribution in [3.05, 3.63) is 11.3 Å². The molecule has 1 rings (SSSR count). The zero-order valence-electron chi connectivity index (χ0n) is 11.9. The minimum Gasteiger partial charge on any atom is -0.463 e. The minimum atomic E-state index is -0.519. The van der Waals surface area contributed by atoms with Gasteiger partial charge in [-0.3, -0.25) is 4.79 Å². The first kappa shape index (κ1) is 16.0. The monoisotopic (exact) mass is 284 g/mol. The van der Waals surface area contributed by atoms with Crippen LogP contribution >= 0.6 is 0 Å². The molecule has 0 saturated heterocycles. The molecule has 20 heavy (non-hydrogen) atoms. The van der Waals surface area contributed by atoms with Gasteiger partial charge < -0.3 is 20.1 Å². The zero-order chi connectivity index (χ0) is 15.1. The Hall–Kier alpha value is -2.05. The fraction of sp³-hybridized carbons (Fsp3) is 0.615. The van der Waals surface area contributed by atoms with Crippen LogP contribution in [0.2, 0.25) is 0 Å². The summed E-state index contributed by atoms with van der Waals surface area (Å²) in [6.45, 7) is 5.29.